The third-order valence-corrected chi connectivity index (χ3v) is 2.67. The van der Waals surface area contributed by atoms with Crippen LogP contribution in [-0.2, 0) is 10.3 Å². The molecule has 0 bridgehead atoms. The second-order valence-corrected chi connectivity index (χ2v) is 5.13. The fraction of sp³-hybridized carbons (Fsp3) is 0.800. The van der Waals surface area contributed by atoms with Gasteiger partial charge >= 0.3 is 0 Å². The lowest BCUT2D eigenvalue weighted by molar-refractivity contribution is -0.123. The van der Waals surface area contributed by atoms with Gasteiger partial charge in [-0.2, -0.15) is 0 Å². The van der Waals surface area contributed by atoms with Crippen molar-refractivity contribution in [2.24, 2.45) is 0 Å². The van der Waals surface area contributed by atoms with Gasteiger partial charge in [-0.3, -0.25) is 4.79 Å². The van der Waals surface area contributed by atoms with E-state index in [1.807, 2.05) is 20.8 Å². The molecule has 0 radical (unpaired) electrons. The van der Waals surface area contributed by atoms with Gasteiger partial charge in [0.05, 0.1) is 11.6 Å². The van der Waals surface area contributed by atoms with Gasteiger partial charge in [0.2, 0.25) is 5.91 Å². The molecule has 88 valence electrons. The zero-order valence-corrected chi connectivity index (χ0v) is 9.90. The van der Waals surface area contributed by atoms with Gasteiger partial charge in [-0.1, -0.05) is 0 Å². The van der Waals surface area contributed by atoms with Gasteiger partial charge in [0.1, 0.15) is 0 Å². The van der Waals surface area contributed by atoms with Gasteiger partial charge in [-0.25, -0.2) is 4.68 Å². The van der Waals surface area contributed by atoms with Crippen molar-refractivity contribution in [3.63, 3.8) is 0 Å². The van der Waals surface area contributed by atoms with E-state index in [-0.39, 0.29) is 17.5 Å². The van der Waals surface area contributed by atoms with E-state index >= 15 is 0 Å². The number of nitrogens with zero attached hydrogens (tertiary/aromatic N) is 4. The predicted octanol–water partition coefficient (Wildman–Crippen LogP) is 0.769. The molecule has 1 aliphatic rings. The molecule has 1 aromatic heterocycles. The molecular formula is C10H17N5O. The molecule has 1 atom stereocenters. The van der Waals surface area contributed by atoms with Crippen LogP contribution in [0.3, 0.4) is 0 Å². The van der Waals surface area contributed by atoms with Crippen LogP contribution in [0, 0.1) is 0 Å². The predicted molar refractivity (Wildman–Crippen MR) is 57.5 cm³/mol. The molecule has 2 rings (SSSR count). The Morgan fingerprint density at radius 3 is 2.81 bits per heavy atom. The number of rotatable bonds is 1. The summed E-state index contributed by atoms with van der Waals surface area (Å²) in [5, 5.41) is 14.6. The number of aromatic nitrogens is 4. The normalized spacial score (nSPS) is 21.9. The maximum absolute atomic E-state index is 11.3. The van der Waals surface area contributed by atoms with E-state index < -0.39 is 0 Å². The number of amides is 1. The lowest BCUT2D eigenvalue weighted by atomic mass is 10.0. The summed E-state index contributed by atoms with van der Waals surface area (Å²) in [7, 11) is 0. The highest BCUT2D eigenvalue weighted by molar-refractivity contribution is 5.77. The Morgan fingerprint density at radius 2 is 2.19 bits per heavy atom. The minimum atomic E-state index is -0.166. The van der Waals surface area contributed by atoms with Crippen LogP contribution >= 0.6 is 0 Å². The summed E-state index contributed by atoms with van der Waals surface area (Å²) in [5.74, 6) is 0.834. The molecule has 1 N–H and O–H groups in total. The molecule has 2 heterocycles. The summed E-state index contributed by atoms with van der Waals surface area (Å²) in [4.78, 5) is 11.3. The highest BCUT2D eigenvalue weighted by atomic mass is 16.1. The van der Waals surface area contributed by atoms with Crippen molar-refractivity contribution in [1.82, 2.24) is 25.5 Å². The Hall–Kier alpha value is -1.46. The molecule has 0 aromatic carbocycles. The number of carbonyl (C=O) groups is 1. The summed E-state index contributed by atoms with van der Waals surface area (Å²) in [6.45, 7) is 6.12. The van der Waals surface area contributed by atoms with Crippen LogP contribution in [0.2, 0.25) is 0 Å². The third kappa shape index (κ3) is 2.05. The van der Waals surface area contributed by atoms with Crippen molar-refractivity contribution < 1.29 is 4.79 Å². The quantitative estimate of drug-likeness (QED) is 0.763. The molecule has 1 amide bonds. The summed E-state index contributed by atoms with van der Waals surface area (Å²) in [6.07, 6.45) is 2.41. The molecule has 1 saturated heterocycles. The largest absolute Gasteiger partial charge is 0.346 e. The van der Waals surface area contributed by atoms with Gasteiger partial charge in [0.15, 0.2) is 5.82 Å². The summed E-state index contributed by atoms with van der Waals surface area (Å²) < 4.78 is 1.78. The van der Waals surface area contributed by atoms with Crippen LogP contribution < -0.4 is 5.32 Å². The lowest BCUT2D eigenvalue weighted by Gasteiger charge is -2.26. The molecule has 0 unspecified atom stereocenters. The number of carbonyl (C=O) groups excluding carboxylic acids is 1. The Kier molecular flexibility index (Phi) is 2.65. The second kappa shape index (κ2) is 3.84. The van der Waals surface area contributed by atoms with Crippen LogP contribution in [-0.4, -0.2) is 26.1 Å². The average Bonchev–Trinajstić information content (AvgIpc) is 2.65. The SMILES string of the molecule is CC(C)(C)n1nnnc1[C@@H]1CCCC(=O)N1. The number of piperidine rings is 1. The van der Waals surface area contributed by atoms with Crippen molar-refractivity contribution in [2.45, 2.75) is 51.6 Å². The maximum atomic E-state index is 11.3. The molecule has 0 aliphatic carbocycles. The Balaban J connectivity index is 2.26. The van der Waals surface area contributed by atoms with Crippen molar-refractivity contribution >= 4 is 5.91 Å². The standard InChI is InChI=1S/C10H17N5O/c1-10(2,3)15-9(12-13-14-15)7-5-4-6-8(16)11-7/h7H,4-6H2,1-3H3,(H,11,16)/t7-/m0/s1. The van der Waals surface area contributed by atoms with Gasteiger partial charge < -0.3 is 5.32 Å². The number of nitrogens with one attached hydrogen (secondary N) is 1. The molecule has 16 heavy (non-hydrogen) atoms. The van der Waals surface area contributed by atoms with E-state index in [4.69, 9.17) is 0 Å². The molecule has 1 aromatic rings. The van der Waals surface area contributed by atoms with E-state index in [9.17, 15) is 4.79 Å². The summed E-state index contributed by atoms with van der Waals surface area (Å²) in [6, 6.07) is -0.0459. The average molecular weight is 223 g/mol. The molecule has 1 fully saturated rings. The molecule has 0 spiro atoms. The van der Waals surface area contributed by atoms with Crippen LogP contribution in [0.4, 0.5) is 0 Å². The van der Waals surface area contributed by atoms with Gasteiger partial charge in [-0.15, -0.1) is 5.10 Å². The topological polar surface area (TPSA) is 72.7 Å². The van der Waals surface area contributed by atoms with Crippen molar-refractivity contribution in [1.29, 1.82) is 0 Å². The highest BCUT2D eigenvalue weighted by Gasteiger charge is 2.28. The zero-order valence-electron chi connectivity index (χ0n) is 9.90. The first-order valence-electron chi connectivity index (χ1n) is 5.56. The maximum Gasteiger partial charge on any atom is 0.220 e. The van der Waals surface area contributed by atoms with E-state index in [2.05, 4.69) is 20.8 Å². The third-order valence-electron chi connectivity index (χ3n) is 2.67. The van der Waals surface area contributed by atoms with Crippen molar-refractivity contribution in [2.75, 3.05) is 0 Å². The minimum absolute atomic E-state index is 0.0459. The Labute approximate surface area is 94.4 Å². The molecule has 1 aliphatic heterocycles. The smallest absolute Gasteiger partial charge is 0.220 e. The Bertz CT molecular complexity index is 392. The lowest BCUT2D eigenvalue weighted by Crippen LogP contribution is -2.36. The zero-order chi connectivity index (χ0) is 11.8. The van der Waals surface area contributed by atoms with Crippen molar-refractivity contribution in [3.05, 3.63) is 5.82 Å². The fourth-order valence-corrected chi connectivity index (χ4v) is 1.89. The molecule has 6 nitrogen and oxygen atoms in total. The number of hydrogen-bond donors (Lipinski definition) is 1. The highest BCUT2D eigenvalue weighted by Crippen LogP contribution is 2.24. The first-order chi connectivity index (χ1) is 7.48. The summed E-state index contributed by atoms with van der Waals surface area (Å²) >= 11 is 0. The van der Waals surface area contributed by atoms with Crippen LogP contribution in [0.5, 0.6) is 0 Å². The minimum Gasteiger partial charge on any atom is -0.346 e. The van der Waals surface area contributed by atoms with E-state index in [1.54, 1.807) is 4.68 Å². The van der Waals surface area contributed by atoms with Gasteiger partial charge in [0.25, 0.3) is 0 Å². The second-order valence-electron chi connectivity index (χ2n) is 5.13. The van der Waals surface area contributed by atoms with Crippen LogP contribution in [0.25, 0.3) is 0 Å². The van der Waals surface area contributed by atoms with E-state index in [0.717, 1.165) is 18.7 Å². The molecular weight excluding hydrogens is 206 g/mol. The van der Waals surface area contributed by atoms with Crippen LogP contribution in [0.15, 0.2) is 0 Å². The van der Waals surface area contributed by atoms with E-state index in [1.165, 1.54) is 0 Å². The first kappa shape index (κ1) is 11.0. The fourth-order valence-electron chi connectivity index (χ4n) is 1.89. The van der Waals surface area contributed by atoms with Crippen LogP contribution in [0.1, 0.15) is 51.9 Å². The molecule has 6 heteroatoms. The first-order valence-corrected chi connectivity index (χ1v) is 5.56. The number of hydrogen-bond acceptors (Lipinski definition) is 4. The monoisotopic (exact) mass is 223 g/mol. The summed E-state index contributed by atoms with van der Waals surface area (Å²) in [5.41, 5.74) is -0.166. The number of tetrazole rings is 1. The Morgan fingerprint density at radius 1 is 1.44 bits per heavy atom. The van der Waals surface area contributed by atoms with E-state index in [0.29, 0.717) is 6.42 Å². The van der Waals surface area contributed by atoms with Gasteiger partial charge in [0, 0.05) is 6.42 Å². The van der Waals surface area contributed by atoms with Gasteiger partial charge in [-0.05, 0) is 44.0 Å². The molecule has 0 saturated carbocycles. The van der Waals surface area contributed by atoms with Crippen molar-refractivity contribution in [3.8, 4) is 0 Å².